The third kappa shape index (κ3) is 8.48. The highest BCUT2D eigenvalue weighted by atomic mass is 16.6. The van der Waals surface area contributed by atoms with Gasteiger partial charge in [-0.25, -0.2) is 0 Å². The summed E-state index contributed by atoms with van der Waals surface area (Å²) in [6.45, 7) is 10.4. The van der Waals surface area contributed by atoms with E-state index in [9.17, 15) is 0 Å². The Bertz CT molecular complexity index is 126. The van der Waals surface area contributed by atoms with Crippen molar-refractivity contribution in [2.24, 2.45) is 5.92 Å². The maximum Gasteiger partial charge on any atom is 0.0781 e. The minimum absolute atomic E-state index is 0.144. The van der Waals surface area contributed by atoms with Crippen LogP contribution in [0.25, 0.3) is 0 Å². The molecule has 0 rings (SSSR count). The Hall–Kier alpha value is -0.120. The summed E-state index contributed by atoms with van der Waals surface area (Å²) < 4.78 is 16.1. The quantitative estimate of drug-likeness (QED) is 0.606. The molecule has 0 fully saturated rings. The Kier molecular flexibility index (Phi) is 8.14. The first-order chi connectivity index (χ1) is 6.56. The second-order valence-corrected chi connectivity index (χ2v) is 4.14. The first-order valence-corrected chi connectivity index (χ1v) is 5.28. The van der Waals surface area contributed by atoms with Crippen LogP contribution in [0, 0.1) is 5.92 Å². The lowest BCUT2D eigenvalue weighted by Gasteiger charge is -2.18. The summed E-state index contributed by atoms with van der Waals surface area (Å²) in [5.41, 5.74) is 0. The van der Waals surface area contributed by atoms with Crippen LogP contribution in [0.1, 0.15) is 27.7 Å². The molecule has 0 aliphatic heterocycles. The van der Waals surface area contributed by atoms with E-state index in [2.05, 4.69) is 13.8 Å². The average molecular weight is 204 g/mol. The molecule has 0 N–H and O–H groups in total. The van der Waals surface area contributed by atoms with E-state index in [4.69, 9.17) is 14.2 Å². The van der Waals surface area contributed by atoms with Crippen LogP contribution in [-0.4, -0.2) is 39.1 Å². The molecule has 0 aliphatic carbocycles. The van der Waals surface area contributed by atoms with E-state index in [1.54, 1.807) is 7.11 Å². The fourth-order valence-corrected chi connectivity index (χ4v) is 0.987. The normalized spacial score (nSPS) is 15.9. The zero-order valence-corrected chi connectivity index (χ0v) is 10.1. The Morgan fingerprint density at radius 3 is 1.79 bits per heavy atom. The molecule has 0 heterocycles. The highest BCUT2D eigenvalue weighted by molar-refractivity contribution is 4.53. The summed E-state index contributed by atoms with van der Waals surface area (Å²) in [6, 6.07) is 0. The van der Waals surface area contributed by atoms with Gasteiger partial charge in [-0.15, -0.1) is 0 Å². The van der Waals surface area contributed by atoms with Gasteiger partial charge in [0.25, 0.3) is 0 Å². The van der Waals surface area contributed by atoms with Gasteiger partial charge in [-0.05, 0) is 19.8 Å². The molecule has 0 aromatic rings. The smallest absolute Gasteiger partial charge is 0.0781 e. The Morgan fingerprint density at radius 1 is 0.786 bits per heavy atom. The highest BCUT2D eigenvalue weighted by Crippen LogP contribution is 2.00. The van der Waals surface area contributed by atoms with E-state index in [-0.39, 0.29) is 12.2 Å². The maximum absolute atomic E-state index is 5.57. The SMILES string of the molecule is COCC(C)OCC(C)OCC(C)C. The fraction of sp³-hybridized carbons (Fsp3) is 1.00. The van der Waals surface area contributed by atoms with Crippen molar-refractivity contribution in [2.45, 2.75) is 39.9 Å². The molecule has 0 saturated heterocycles. The van der Waals surface area contributed by atoms with Gasteiger partial charge in [-0.3, -0.25) is 0 Å². The van der Waals surface area contributed by atoms with Crippen molar-refractivity contribution >= 4 is 0 Å². The van der Waals surface area contributed by atoms with Gasteiger partial charge < -0.3 is 14.2 Å². The number of methoxy groups -OCH3 is 1. The fourth-order valence-electron chi connectivity index (χ4n) is 0.987. The topological polar surface area (TPSA) is 27.7 Å². The molecule has 2 unspecified atom stereocenters. The lowest BCUT2D eigenvalue weighted by atomic mass is 10.2. The molecule has 0 aromatic heterocycles. The van der Waals surface area contributed by atoms with Gasteiger partial charge in [-0.1, -0.05) is 13.8 Å². The minimum Gasteiger partial charge on any atom is -0.382 e. The van der Waals surface area contributed by atoms with Gasteiger partial charge in [0.1, 0.15) is 0 Å². The summed E-state index contributed by atoms with van der Waals surface area (Å²) in [5, 5.41) is 0. The van der Waals surface area contributed by atoms with Gasteiger partial charge in [0, 0.05) is 13.7 Å². The molecule has 2 atom stereocenters. The van der Waals surface area contributed by atoms with Gasteiger partial charge in [-0.2, -0.15) is 0 Å². The predicted octanol–water partition coefficient (Wildman–Crippen LogP) is 2.10. The molecule has 3 nitrogen and oxygen atoms in total. The van der Waals surface area contributed by atoms with Crippen LogP contribution in [0.15, 0.2) is 0 Å². The van der Waals surface area contributed by atoms with Crippen LogP contribution in [0.2, 0.25) is 0 Å². The van der Waals surface area contributed by atoms with Crippen molar-refractivity contribution in [3.63, 3.8) is 0 Å². The molecular formula is C11H24O3. The van der Waals surface area contributed by atoms with E-state index < -0.39 is 0 Å². The second kappa shape index (κ2) is 8.21. The monoisotopic (exact) mass is 204 g/mol. The summed E-state index contributed by atoms with van der Waals surface area (Å²) in [7, 11) is 1.68. The largest absolute Gasteiger partial charge is 0.382 e. The first kappa shape index (κ1) is 13.9. The maximum atomic E-state index is 5.57. The van der Waals surface area contributed by atoms with E-state index in [1.165, 1.54) is 0 Å². The Morgan fingerprint density at radius 2 is 1.29 bits per heavy atom. The van der Waals surface area contributed by atoms with Crippen LogP contribution >= 0.6 is 0 Å². The van der Waals surface area contributed by atoms with Crippen LogP contribution in [0.5, 0.6) is 0 Å². The molecule has 3 heteroatoms. The van der Waals surface area contributed by atoms with E-state index >= 15 is 0 Å². The van der Waals surface area contributed by atoms with Crippen molar-refractivity contribution < 1.29 is 14.2 Å². The van der Waals surface area contributed by atoms with Crippen LogP contribution in [0.4, 0.5) is 0 Å². The van der Waals surface area contributed by atoms with Crippen molar-refractivity contribution in [3.05, 3.63) is 0 Å². The Labute approximate surface area is 87.7 Å². The lowest BCUT2D eigenvalue weighted by Crippen LogP contribution is -2.24. The average Bonchev–Trinajstić information content (AvgIpc) is 2.12. The van der Waals surface area contributed by atoms with E-state index in [0.29, 0.717) is 19.1 Å². The minimum atomic E-state index is 0.144. The molecule has 0 aromatic carbocycles. The lowest BCUT2D eigenvalue weighted by molar-refractivity contribution is -0.0556. The van der Waals surface area contributed by atoms with E-state index in [0.717, 1.165) is 6.61 Å². The molecular weight excluding hydrogens is 180 g/mol. The first-order valence-electron chi connectivity index (χ1n) is 5.28. The van der Waals surface area contributed by atoms with Gasteiger partial charge in [0.2, 0.25) is 0 Å². The van der Waals surface area contributed by atoms with Crippen molar-refractivity contribution in [1.82, 2.24) is 0 Å². The van der Waals surface area contributed by atoms with Gasteiger partial charge >= 0.3 is 0 Å². The molecule has 0 spiro atoms. The number of ether oxygens (including phenoxy) is 3. The van der Waals surface area contributed by atoms with E-state index in [1.807, 2.05) is 13.8 Å². The number of rotatable bonds is 8. The number of hydrogen-bond donors (Lipinski definition) is 0. The van der Waals surface area contributed by atoms with Crippen molar-refractivity contribution in [3.8, 4) is 0 Å². The van der Waals surface area contributed by atoms with Crippen LogP contribution in [0.3, 0.4) is 0 Å². The summed E-state index contributed by atoms with van der Waals surface area (Å²) in [6.07, 6.45) is 0.307. The molecule has 0 radical (unpaired) electrons. The molecule has 0 bridgehead atoms. The van der Waals surface area contributed by atoms with Crippen LogP contribution in [-0.2, 0) is 14.2 Å². The van der Waals surface area contributed by atoms with Crippen LogP contribution < -0.4 is 0 Å². The predicted molar refractivity (Wildman–Crippen MR) is 57.5 cm³/mol. The molecule has 86 valence electrons. The van der Waals surface area contributed by atoms with Gasteiger partial charge in [0.05, 0.1) is 25.4 Å². The molecule has 0 aliphatic rings. The van der Waals surface area contributed by atoms with Crippen molar-refractivity contribution in [1.29, 1.82) is 0 Å². The molecule has 0 amide bonds. The standard InChI is InChI=1S/C11H24O3/c1-9(2)6-13-11(4)8-14-10(3)7-12-5/h9-11H,6-8H2,1-5H3. The third-order valence-electron chi connectivity index (χ3n) is 1.73. The van der Waals surface area contributed by atoms with Crippen molar-refractivity contribution in [2.75, 3.05) is 26.9 Å². The molecule has 0 saturated carbocycles. The summed E-state index contributed by atoms with van der Waals surface area (Å²) in [5.74, 6) is 0.578. The summed E-state index contributed by atoms with van der Waals surface area (Å²) >= 11 is 0. The second-order valence-electron chi connectivity index (χ2n) is 4.14. The highest BCUT2D eigenvalue weighted by Gasteiger charge is 2.07. The zero-order valence-electron chi connectivity index (χ0n) is 10.1. The zero-order chi connectivity index (χ0) is 11.0. The molecule has 14 heavy (non-hydrogen) atoms. The third-order valence-corrected chi connectivity index (χ3v) is 1.73. The Balaban J connectivity index is 3.38. The summed E-state index contributed by atoms with van der Waals surface area (Å²) in [4.78, 5) is 0. The van der Waals surface area contributed by atoms with Gasteiger partial charge in [0.15, 0.2) is 0 Å². The number of hydrogen-bond acceptors (Lipinski definition) is 3.